The number of thioether (sulfide) groups is 1. The maximum absolute atomic E-state index is 13.3. The van der Waals surface area contributed by atoms with Gasteiger partial charge in [0.2, 0.25) is 0 Å². The van der Waals surface area contributed by atoms with Gasteiger partial charge in [-0.15, -0.1) is 0 Å². The molecule has 1 aromatic rings. The Balaban J connectivity index is 2.06. The molecule has 0 aromatic heterocycles. The van der Waals surface area contributed by atoms with Crippen LogP contribution in [-0.2, 0) is 11.2 Å². The number of ether oxygens (including phenoxy) is 1. The highest BCUT2D eigenvalue weighted by Gasteiger charge is 2.24. The van der Waals surface area contributed by atoms with Crippen molar-refractivity contribution in [3.05, 3.63) is 35.1 Å². The van der Waals surface area contributed by atoms with Crippen molar-refractivity contribution < 1.29 is 9.13 Å². The van der Waals surface area contributed by atoms with Crippen LogP contribution in [0.25, 0.3) is 0 Å². The lowest BCUT2D eigenvalue weighted by molar-refractivity contribution is 0.0491. The van der Waals surface area contributed by atoms with Crippen LogP contribution in [0, 0.1) is 12.7 Å². The second-order valence-electron chi connectivity index (χ2n) is 4.65. The van der Waals surface area contributed by atoms with E-state index in [1.54, 1.807) is 6.07 Å². The van der Waals surface area contributed by atoms with E-state index in [9.17, 15) is 4.39 Å². The fourth-order valence-corrected chi connectivity index (χ4v) is 3.20. The molecule has 1 aromatic carbocycles. The van der Waals surface area contributed by atoms with E-state index in [-0.39, 0.29) is 18.0 Å². The molecule has 1 fully saturated rings. The fourth-order valence-electron chi connectivity index (χ4n) is 2.25. The SMILES string of the molecule is CNC(Cc1cc(F)ccc1C)C1CSCCO1. The van der Waals surface area contributed by atoms with Crippen molar-refractivity contribution >= 4 is 11.8 Å². The minimum atomic E-state index is -0.163. The molecule has 2 nitrogen and oxygen atoms in total. The number of hydrogen-bond donors (Lipinski definition) is 1. The van der Waals surface area contributed by atoms with Gasteiger partial charge in [-0.05, 0) is 43.7 Å². The van der Waals surface area contributed by atoms with Crippen LogP contribution >= 0.6 is 11.8 Å². The van der Waals surface area contributed by atoms with Gasteiger partial charge in [-0.25, -0.2) is 4.39 Å². The van der Waals surface area contributed by atoms with E-state index in [0.717, 1.165) is 35.7 Å². The van der Waals surface area contributed by atoms with Crippen LogP contribution in [0.3, 0.4) is 0 Å². The summed E-state index contributed by atoms with van der Waals surface area (Å²) in [5.74, 6) is 1.93. The van der Waals surface area contributed by atoms with Crippen molar-refractivity contribution in [1.29, 1.82) is 0 Å². The highest BCUT2D eigenvalue weighted by atomic mass is 32.2. The van der Waals surface area contributed by atoms with Crippen molar-refractivity contribution in [3.8, 4) is 0 Å². The average Bonchev–Trinajstić information content (AvgIpc) is 2.41. The van der Waals surface area contributed by atoms with Gasteiger partial charge in [0.15, 0.2) is 0 Å². The van der Waals surface area contributed by atoms with Gasteiger partial charge >= 0.3 is 0 Å². The molecule has 18 heavy (non-hydrogen) atoms. The van der Waals surface area contributed by atoms with Crippen LogP contribution in [-0.4, -0.2) is 37.3 Å². The monoisotopic (exact) mass is 269 g/mol. The summed E-state index contributed by atoms with van der Waals surface area (Å²) in [6, 6.07) is 5.24. The minimum absolute atomic E-state index is 0.163. The molecule has 0 radical (unpaired) electrons. The summed E-state index contributed by atoms with van der Waals surface area (Å²) in [5, 5.41) is 3.31. The molecule has 0 aliphatic carbocycles. The number of likely N-dealkylation sites (N-methyl/N-ethyl adjacent to an activating group) is 1. The van der Waals surface area contributed by atoms with E-state index in [4.69, 9.17) is 4.74 Å². The maximum Gasteiger partial charge on any atom is 0.123 e. The molecule has 100 valence electrons. The number of benzene rings is 1. The molecule has 2 rings (SSSR count). The molecular formula is C14H20FNOS. The number of halogens is 1. The Morgan fingerprint density at radius 2 is 2.39 bits per heavy atom. The largest absolute Gasteiger partial charge is 0.375 e. The summed E-state index contributed by atoms with van der Waals surface area (Å²) < 4.78 is 19.1. The van der Waals surface area contributed by atoms with Crippen molar-refractivity contribution in [2.24, 2.45) is 0 Å². The third-order valence-electron chi connectivity index (χ3n) is 3.41. The zero-order valence-electron chi connectivity index (χ0n) is 10.9. The fraction of sp³-hybridized carbons (Fsp3) is 0.571. The predicted molar refractivity (Wildman–Crippen MR) is 74.8 cm³/mol. The number of nitrogens with one attached hydrogen (secondary N) is 1. The van der Waals surface area contributed by atoms with Crippen molar-refractivity contribution in [2.45, 2.75) is 25.5 Å². The zero-order valence-corrected chi connectivity index (χ0v) is 11.7. The standard InChI is InChI=1S/C14H20FNOS/c1-10-3-4-12(15)7-11(10)8-13(16-2)14-9-18-6-5-17-14/h3-4,7,13-14,16H,5-6,8-9H2,1-2H3. The first-order valence-corrected chi connectivity index (χ1v) is 7.48. The van der Waals surface area contributed by atoms with Gasteiger partial charge in [0.1, 0.15) is 5.82 Å². The number of rotatable bonds is 4. The van der Waals surface area contributed by atoms with E-state index in [2.05, 4.69) is 5.32 Å². The van der Waals surface area contributed by atoms with Gasteiger partial charge in [-0.3, -0.25) is 0 Å². The molecule has 1 aliphatic rings. The first kappa shape index (κ1) is 13.8. The summed E-state index contributed by atoms with van der Waals surface area (Å²) in [6.07, 6.45) is 1.03. The molecule has 4 heteroatoms. The topological polar surface area (TPSA) is 21.3 Å². The summed E-state index contributed by atoms with van der Waals surface area (Å²) in [6.45, 7) is 2.84. The Morgan fingerprint density at radius 1 is 1.56 bits per heavy atom. The Kier molecular flexibility index (Phi) is 5.03. The minimum Gasteiger partial charge on any atom is -0.375 e. The molecule has 2 atom stereocenters. The van der Waals surface area contributed by atoms with Crippen LogP contribution in [0.1, 0.15) is 11.1 Å². The third kappa shape index (κ3) is 3.46. The second kappa shape index (κ2) is 6.55. The van der Waals surface area contributed by atoms with Gasteiger partial charge in [0, 0.05) is 17.5 Å². The van der Waals surface area contributed by atoms with Crippen LogP contribution < -0.4 is 5.32 Å². The highest BCUT2D eigenvalue weighted by Crippen LogP contribution is 2.19. The summed E-state index contributed by atoms with van der Waals surface area (Å²) in [4.78, 5) is 0. The second-order valence-corrected chi connectivity index (χ2v) is 5.80. The van der Waals surface area contributed by atoms with E-state index in [0.29, 0.717) is 0 Å². The van der Waals surface area contributed by atoms with Crippen LogP contribution in [0.5, 0.6) is 0 Å². The van der Waals surface area contributed by atoms with Crippen molar-refractivity contribution in [1.82, 2.24) is 5.32 Å². The van der Waals surface area contributed by atoms with E-state index in [1.807, 2.05) is 31.8 Å². The molecule has 1 aliphatic heterocycles. The Morgan fingerprint density at radius 3 is 3.06 bits per heavy atom. The van der Waals surface area contributed by atoms with Crippen molar-refractivity contribution in [3.63, 3.8) is 0 Å². The summed E-state index contributed by atoms with van der Waals surface area (Å²) in [7, 11) is 1.95. The first-order chi connectivity index (χ1) is 8.70. The molecule has 0 bridgehead atoms. The van der Waals surface area contributed by atoms with Gasteiger partial charge in [-0.1, -0.05) is 6.07 Å². The zero-order chi connectivity index (χ0) is 13.0. The average molecular weight is 269 g/mol. The van der Waals surface area contributed by atoms with Gasteiger partial charge in [0.25, 0.3) is 0 Å². The Bertz CT molecular complexity index is 393. The van der Waals surface area contributed by atoms with Gasteiger partial charge in [-0.2, -0.15) is 11.8 Å². The van der Waals surface area contributed by atoms with Gasteiger partial charge < -0.3 is 10.1 Å². The molecular weight excluding hydrogens is 249 g/mol. The van der Waals surface area contributed by atoms with Crippen LogP contribution in [0.15, 0.2) is 18.2 Å². The maximum atomic E-state index is 13.3. The van der Waals surface area contributed by atoms with Crippen LogP contribution in [0.4, 0.5) is 4.39 Å². The molecule has 2 unspecified atom stereocenters. The van der Waals surface area contributed by atoms with Gasteiger partial charge in [0.05, 0.1) is 12.7 Å². The van der Waals surface area contributed by atoms with E-state index < -0.39 is 0 Å². The lowest BCUT2D eigenvalue weighted by Gasteiger charge is -2.30. The summed E-state index contributed by atoms with van der Waals surface area (Å²) in [5.41, 5.74) is 2.20. The number of hydrogen-bond acceptors (Lipinski definition) is 3. The lowest BCUT2D eigenvalue weighted by atomic mass is 9.98. The van der Waals surface area contributed by atoms with E-state index >= 15 is 0 Å². The first-order valence-electron chi connectivity index (χ1n) is 6.32. The highest BCUT2D eigenvalue weighted by molar-refractivity contribution is 7.99. The lowest BCUT2D eigenvalue weighted by Crippen LogP contribution is -2.44. The normalized spacial score (nSPS) is 21.8. The Labute approximate surface area is 112 Å². The molecule has 0 spiro atoms. The molecule has 0 saturated carbocycles. The molecule has 0 amide bonds. The Hall–Kier alpha value is -0.580. The predicted octanol–water partition coefficient (Wildman–Crippen LogP) is 2.40. The molecule has 1 N–H and O–H groups in total. The molecule has 1 saturated heterocycles. The van der Waals surface area contributed by atoms with Crippen LogP contribution in [0.2, 0.25) is 0 Å². The summed E-state index contributed by atoms with van der Waals surface area (Å²) >= 11 is 1.93. The van der Waals surface area contributed by atoms with E-state index in [1.165, 1.54) is 6.07 Å². The quantitative estimate of drug-likeness (QED) is 0.907. The van der Waals surface area contributed by atoms with Crippen molar-refractivity contribution in [2.75, 3.05) is 25.2 Å². The molecule has 1 heterocycles. The smallest absolute Gasteiger partial charge is 0.123 e. The number of aryl methyl sites for hydroxylation is 1. The third-order valence-corrected chi connectivity index (χ3v) is 4.43.